The van der Waals surface area contributed by atoms with Gasteiger partial charge in [-0.25, -0.2) is 8.42 Å². The molecule has 1 aliphatic rings. The maximum atomic E-state index is 12.8. The van der Waals surface area contributed by atoms with E-state index < -0.39 is 15.6 Å². The van der Waals surface area contributed by atoms with Gasteiger partial charge in [0.2, 0.25) is 15.9 Å². The Balaban J connectivity index is 2.17. The van der Waals surface area contributed by atoms with Gasteiger partial charge in [0.1, 0.15) is 0 Å². The zero-order valence-electron chi connectivity index (χ0n) is 13.6. The SMILES string of the molecule is CNC(=O)CC[C@]1(O)CCCN(S(=O)(=O)c2ccccc2C)C1. The third-order valence-electron chi connectivity index (χ3n) is 4.33. The van der Waals surface area contributed by atoms with Gasteiger partial charge in [-0.15, -0.1) is 0 Å². The summed E-state index contributed by atoms with van der Waals surface area (Å²) < 4.78 is 27.0. The third kappa shape index (κ3) is 4.10. The molecule has 0 bridgehead atoms. The van der Waals surface area contributed by atoms with Crippen LogP contribution in [0.1, 0.15) is 31.2 Å². The molecule has 1 amide bonds. The van der Waals surface area contributed by atoms with Crippen LogP contribution in [0.25, 0.3) is 0 Å². The van der Waals surface area contributed by atoms with Crippen LogP contribution in [-0.2, 0) is 14.8 Å². The lowest BCUT2D eigenvalue weighted by Gasteiger charge is -2.38. The van der Waals surface area contributed by atoms with Gasteiger partial charge in [-0.1, -0.05) is 18.2 Å². The van der Waals surface area contributed by atoms with E-state index in [2.05, 4.69) is 5.32 Å². The molecule has 6 nitrogen and oxygen atoms in total. The first-order valence-corrected chi connectivity index (χ1v) is 9.21. The molecule has 1 saturated heterocycles. The Labute approximate surface area is 137 Å². The number of amides is 1. The summed E-state index contributed by atoms with van der Waals surface area (Å²) in [5, 5.41) is 13.2. The molecule has 2 rings (SSSR count). The predicted molar refractivity (Wildman–Crippen MR) is 87.4 cm³/mol. The van der Waals surface area contributed by atoms with Crippen molar-refractivity contribution in [2.24, 2.45) is 0 Å². The van der Waals surface area contributed by atoms with Crippen LogP contribution in [0.3, 0.4) is 0 Å². The normalized spacial score (nSPS) is 22.7. The largest absolute Gasteiger partial charge is 0.388 e. The Hall–Kier alpha value is -1.44. The summed E-state index contributed by atoms with van der Waals surface area (Å²) >= 11 is 0. The monoisotopic (exact) mass is 340 g/mol. The molecule has 128 valence electrons. The molecule has 23 heavy (non-hydrogen) atoms. The first-order chi connectivity index (χ1) is 10.8. The molecule has 1 fully saturated rings. The highest BCUT2D eigenvalue weighted by molar-refractivity contribution is 7.89. The lowest BCUT2D eigenvalue weighted by Crippen LogP contribution is -2.50. The number of benzene rings is 1. The van der Waals surface area contributed by atoms with Crippen LogP contribution in [0.2, 0.25) is 0 Å². The van der Waals surface area contributed by atoms with Gasteiger partial charge in [-0.05, 0) is 37.8 Å². The summed E-state index contributed by atoms with van der Waals surface area (Å²) in [7, 11) is -2.09. The van der Waals surface area contributed by atoms with E-state index in [4.69, 9.17) is 0 Å². The van der Waals surface area contributed by atoms with Crippen LogP contribution in [0, 0.1) is 6.92 Å². The number of carbonyl (C=O) groups is 1. The molecule has 0 unspecified atom stereocenters. The smallest absolute Gasteiger partial charge is 0.243 e. The Bertz CT molecular complexity index is 674. The quantitative estimate of drug-likeness (QED) is 0.838. The number of aryl methyl sites for hydroxylation is 1. The summed E-state index contributed by atoms with van der Waals surface area (Å²) in [4.78, 5) is 11.7. The van der Waals surface area contributed by atoms with Crippen LogP contribution < -0.4 is 5.32 Å². The molecule has 1 aromatic rings. The molecule has 7 heteroatoms. The number of hydrogen-bond acceptors (Lipinski definition) is 4. The minimum absolute atomic E-state index is 0.0284. The lowest BCUT2D eigenvalue weighted by molar-refractivity contribution is -0.122. The van der Waals surface area contributed by atoms with E-state index in [-0.39, 0.29) is 30.2 Å². The molecule has 1 heterocycles. The van der Waals surface area contributed by atoms with Gasteiger partial charge in [-0.3, -0.25) is 4.79 Å². The van der Waals surface area contributed by atoms with Crippen molar-refractivity contribution >= 4 is 15.9 Å². The van der Waals surface area contributed by atoms with Crippen molar-refractivity contribution in [1.82, 2.24) is 9.62 Å². The second-order valence-electron chi connectivity index (χ2n) is 6.11. The van der Waals surface area contributed by atoms with Crippen molar-refractivity contribution in [2.45, 2.75) is 43.1 Å². The molecule has 0 radical (unpaired) electrons. The average Bonchev–Trinajstić information content (AvgIpc) is 2.53. The Kier molecular flexibility index (Phi) is 5.44. The summed E-state index contributed by atoms with van der Waals surface area (Å²) in [6.07, 6.45) is 1.52. The fourth-order valence-corrected chi connectivity index (χ4v) is 4.72. The second kappa shape index (κ2) is 6.98. The van der Waals surface area contributed by atoms with Crippen LogP contribution in [0.5, 0.6) is 0 Å². The fraction of sp³-hybridized carbons (Fsp3) is 0.562. The molecule has 1 aliphatic heterocycles. The van der Waals surface area contributed by atoms with Crippen LogP contribution >= 0.6 is 0 Å². The van der Waals surface area contributed by atoms with Crippen molar-refractivity contribution in [3.8, 4) is 0 Å². The van der Waals surface area contributed by atoms with Gasteiger partial charge in [0.15, 0.2) is 0 Å². The molecule has 0 saturated carbocycles. The number of sulfonamides is 1. The van der Waals surface area contributed by atoms with Crippen molar-refractivity contribution < 1.29 is 18.3 Å². The maximum absolute atomic E-state index is 12.8. The maximum Gasteiger partial charge on any atom is 0.243 e. The molecule has 0 aromatic heterocycles. The first-order valence-electron chi connectivity index (χ1n) is 7.77. The van der Waals surface area contributed by atoms with Crippen molar-refractivity contribution in [1.29, 1.82) is 0 Å². The van der Waals surface area contributed by atoms with E-state index in [0.717, 1.165) is 0 Å². The number of nitrogens with zero attached hydrogens (tertiary/aromatic N) is 1. The summed E-state index contributed by atoms with van der Waals surface area (Å²) in [6.45, 7) is 2.17. The van der Waals surface area contributed by atoms with Crippen LogP contribution in [-0.4, -0.2) is 49.5 Å². The van der Waals surface area contributed by atoms with Gasteiger partial charge in [0.25, 0.3) is 0 Å². The van der Waals surface area contributed by atoms with Crippen molar-refractivity contribution in [3.05, 3.63) is 29.8 Å². The lowest BCUT2D eigenvalue weighted by atomic mass is 9.89. The molecule has 1 aromatic carbocycles. The van der Waals surface area contributed by atoms with Gasteiger partial charge in [-0.2, -0.15) is 4.31 Å². The summed E-state index contributed by atoms with van der Waals surface area (Å²) in [5.41, 5.74) is -0.465. The Morgan fingerprint density at radius 2 is 2.09 bits per heavy atom. The van der Waals surface area contributed by atoms with Gasteiger partial charge in [0.05, 0.1) is 10.5 Å². The molecule has 1 atom stereocenters. The van der Waals surface area contributed by atoms with Crippen molar-refractivity contribution in [3.63, 3.8) is 0 Å². The highest BCUT2D eigenvalue weighted by Gasteiger charge is 2.39. The summed E-state index contributed by atoms with van der Waals surface area (Å²) in [6, 6.07) is 6.84. The number of nitrogens with one attached hydrogen (secondary N) is 1. The molecule has 2 N–H and O–H groups in total. The van der Waals surface area contributed by atoms with E-state index in [9.17, 15) is 18.3 Å². The predicted octanol–water partition coefficient (Wildman–Crippen LogP) is 1.04. The summed E-state index contributed by atoms with van der Waals surface area (Å²) in [5.74, 6) is -0.155. The topological polar surface area (TPSA) is 86.7 Å². The third-order valence-corrected chi connectivity index (χ3v) is 6.33. The highest BCUT2D eigenvalue weighted by Crippen LogP contribution is 2.30. The number of aliphatic hydroxyl groups is 1. The van der Waals surface area contributed by atoms with E-state index >= 15 is 0 Å². The van der Waals surface area contributed by atoms with Gasteiger partial charge in [0, 0.05) is 26.6 Å². The van der Waals surface area contributed by atoms with Crippen molar-refractivity contribution in [2.75, 3.05) is 20.1 Å². The van der Waals surface area contributed by atoms with E-state index in [1.165, 1.54) is 4.31 Å². The molecule has 0 spiro atoms. The second-order valence-corrected chi connectivity index (χ2v) is 8.01. The average molecular weight is 340 g/mol. The molecular weight excluding hydrogens is 316 g/mol. The van der Waals surface area contributed by atoms with Gasteiger partial charge < -0.3 is 10.4 Å². The Morgan fingerprint density at radius 1 is 1.39 bits per heavy atom. The van der Waals surface area contributed by atoms with Gasteiger partial charge >= 0.3 is 0 Å². The fourth-order valence-electron chi connectivity index (χ4n) is 2.94. The first kappa shape index (κ1) is 17.9. The van der Waals surface area contributed by atoms with E-state index in [0.29, 0.717) is 24.9 Å². The number of rotatable bonds is 5. The number of piperidine rings is 1. The zero-order valence-corrected chi connectivity index (χ0v) is 14.4. The highest BCUT2D eigenvalue weighted by atomic mass is 32.2. The molecule has 0 aliphatic carbocycles. The number of carbonyl (C=O) groups excluding carboxylic acids is 1. The van der Waals surface area contributed by atoms with E-state index in [1.54, 1.807) is 38.2 Å². The number of hydrogen-bond donors (Lipinski definition) is 2. The standard InChI is InChI=1S/C16H24N2O4S/c1-13-6-3-4-7-14(13)23(21,22)18-11-5-9-16(20,12-18)10-8-15(19)17-2/h3-4,6-7,20H,5,8-12H2,1-2H3,(H,17,19)/t16-/m1/s1. The van der Waals surface area contributed by atoms with Crippen LogP contribution in [0.15, 0.2) is 29.2 Å². The number of β-amino-alcohol motifs (C(OH)–C–C–N with tert-alkyl or cyclic N) is 1. The van der Waals surface area contributed by atoms with E-state index in [1.807, 2.05) is 0 Å². The molecular formula is C16H24N2O4S. The Morgan fingerprint density at radius 3 is 2.74 bits per heavy atom. The minimum Gasteiger partial charge on any atom is -0.388 e. The zero-order chi connectivity index (χ0) is 17.1. The minimum atomic E-state index is -3.64. The van der Waals surface area contributed by atoms with Crippen LogP contribution in [0.4, 0.5) is 0 Å².